The van der Waals surface area contributed by atoms with Crippen LogP contribution in [0, 0.1) is 5.92 Å². The third kappa shape index (κ3) is 5.12. The molecular formula is C16H22O5. The first-order chi connectivity index (χ1) is 10.3. The summed E-state index contributed by atoms with van der Waals surface area (Å²) in [7, 11) is 1.64. The van der Waals surface area contributed by atoms with Crippen LogP contribution in [0.15, 0.2) is 30.3 Å². The standard InChI is InChI=1S/C16H22O5/c1-18-11-12-21-16-14(8-10-20-16)7-9-19-15(17)13-5-3-2-4-6-13/h2-6,14,16H,7-12H2,1H3. The number of carbonyl (C=O) groups is 1. The van der Waals surface area contributed by atoms with E-state index in [1.54, 1.807) is 19.2 Å². The summed E-state index contributed by atoms with van der Waals surface area (Å²) in [4.78, 5) is 11.8. The highest BCUT2D eigenvalue weighted by molar-refractivity contribution is 5.89. The Morgan fingerprint density at radius 2 is 2.05 bits per heavy atom. The third-order valence-corrected chi connectivity index (χ3v) is 3.46. The van der Waals surface area contributed by atoms with Gasteiger partial charge in [0.25, 0.3) is 0 Å². The molecular weight excluding hydrogens is 272 g/mol. The first kappa shape index (κ1) is 15.9. The summed E-state index contributed by atoms with van der Waals surface area (Å²) in [5.41, 5.74) is 0.577. The molecule has 0 N–H and O–H groups in total. The van der Waals surface area contributed by atoms with Gasteiger partial charge < -0.3 is 18.9 Å². The molecule has 0 radical (unpaired) electrons. The van der Waals surface area contributed by atoms with Crippen molar-refractivity contribution in [3.05, 3.63) is 35.9 Å². The van der Waals surface area contributed by atoms with E-state index in [0.717, 1.165) is 12.8 Å². The SMILES string of the molecule is COCCOC1OCCC1CCOC(=O)c1ccccc1. The first-order valence-corrected chi connectivity index (χ1v) is 7.25. The van der Waals surface area contributed by atoms with Gasteiger partial charge in [0.15, 0.2) is 6.29 Å². The summed E-state index contributed by atoms with van der Waals surface area (Å²) in [6, 6.07) is 9.01. The average molecular weight is 294 g/mol. The van der Waals surface area contributed by atoms with E-state index in [-0.39, 0.29) is 18.2 Å². The summed E-state index contributed by atoms with van der Waals surface area (Å²) in [5.74, 6) is -0.0169. The Hall–Kier alpha value is -1.43. The lowest BCUT2D eigenvalue weighted by Gasteiger charge is -2.18. The van der Waals surface area contributed by atoms with Crippen molar-refractivity contribution >= 4 is 5.97 Å². The normalized spacial score (nSPS) is 21.4. The van der Waals surface area contributed by atoms with Gasteiger partial charge >= 0.3 is 5.97 Å². The Bertz CT molecular complexity index is 420. The van der Waals surface area contributed by atoms with Gasteiger partial charge in [-0.2, -0.15) is 0 Å². The number of carbonyl (C=O) groups excluding carboxylic acids is 1. The number of hydrogen-bond acceptors (Lipinski definition) is 5. The number of methoxy groups -OCH3 is 1. The fourth-order valence-electron chi connectivity index (χ4n) is 2.28. The van der Waals surface area contributed by atoms with Crippen LogP contribution in [0.1, 0.15) is 23.2 Å². The van der Waals surface area contributed by atoms with Gasteiger partial charge in [-0.3, -0.25) is 0 Å². The van der Waals surface area contributed by atoms with Gasteiger partial charge in [-0.05, 0) is 25.0 Å². The van der Waals surface area contributed by atoms with E-state index < -0.39 is 0 Å². The fraction of sp³-hybridized carbons (Fsp3) is 0.562. The van der Waals surface area contributed by atoms with Crippen molar-refractivity contribution in [2.24, 2.45) is 5.92 Å². The Kier molecular flexibility index (Phi) is 6.66. The minimum atomic E-state index is -0.286. The van der Waals surface area contributed by atoms with Crippen molar-refractivity contribution in [1.29, 1.82) is 0 Å². The van der Waals surface area contributed by atoms with E-state index in [4.69, 9.17) is 18.9 Å². The highest BCUT2D eigenvalue weighted by Crippen LogP contribution is 2.25. The van der Waals surface area contributed by atoms with Gasteiger partial charge in [0, 0.05) is 13.0 Å². The van der Waals surface area contributed by atoms with E-state index in [9.17, 15) is 4.79 Å². The van der Waals surface area contributed by atoms with Crippen LogP contribution in [0.5, 0.6) is 0 Å². The lowest BCUT2D eigenvalue weighted by Crippen LogP contribution is -2.23. The molecule has 0 bridgehead atoms. The highest BCUT2D eigenvalue weighted by atomic mass is 16.7. The van der Waals surface area contributed by atoms with Crippen molar-refractivity contribution in [2.45, 2.75) is 19.1 Å². The minimum Gasteiger partial charge on any atom is -0.462 e. The monoisotopic (exact) mass is 294 g/mol. The van der Waals surface area contributed by atoms with Crippen molar-refractivity contribution in [3.8, 4) is 0 Å². The third-order valence-electron chi connectivity index (χ3n) is 3.46. The van der Waals surface area contributed by atoms with Crippen LogP contribution in [-0.4, -0.2) is 45.8 Å². The van der Waals surface area contributed by atoms with Crippen LogP contribution in [0.25, 0.3) is 0 Å². The maximum absolute atomic E-state index is 11.8. The van der Waals surface area contributed by atoms with E-state index in [0.29, 0.717) is 32.0 Å². The summed E-state index contributed by atoms with van der Waals surface area (Å²) >= 11 is 0. The molecule has 0 spiro atoms. The number of benzene rings is 1. The summed E-state index contributed by atoms with van der Waals surface area (Å²) in [6.07, 6.45) is 1.46. The molecule has 21 heavy (non-hydrogen) atoms. The van der Waals surface area contributed by atoms with Gasteiger partial charge in [-0.15, -0.1) is 0 Å². The number of ether oxygens (including phenoxy) is 4. The topological polar surface area (TPSA) is 54.0 Å². The van der Waals surface area contributed by atoms with Gasteiger partial charge in [0.1, 0.15) is 0 Å². The Labute approximate surface area is 125 Å². The fourth-order valence-corrected chi connectivity index (χ4v) is 2.28. The van der Waals surface area contributed by atoms with Gasteiger partial charge in [-0.1, -0.05) is 18.2 Å². The molecule has 1 heterocycles. The van der Waals surface area contributed by atoms with Gasteiger partial charge in [-0.25, -0.2) is 4.79 Å². The van der Waals surface area contributed by atoms with Crippen LogP contribution in [0.2, 0.25) is 0 Å². The number of hydrogen-bond donors (Lipinski definition) is 0. The zero-order chi connectivity index (χ0) is 14.9. The van der Waals surface area contributed by atoms with Gasteiger partial charge in [0.2, 0.25) is 0 Å². The maximum atomic E-state index is 11.8. The van der Waals surface area contributed by atoms with Crippen molar-refractivity contribution in [2.75, 3.05) is 33.5 Å². The van der Waals surface area contributed by atoms with Crippen LogP contribution in [-0.2, 0) is 18.9 Å². The van der Waals surface area contributed by atoms with Crippen molar-refractivity contribution in [1.82, 2.24) is 0 Å². The summed E-state index contributed by atoms with van der Waals surface area (Å²) in [5, 5.41) is 0. The molecule has 1 aliphatic rings. The molecule has 5 heteroatoms. The predicted octanol–water partition coefficient (Wildman–Crippen LogP) is 2.26. The zero-order valence-electron chi connectivity index (χ0n) is 12.3. The molecule has 1 aromatic rings. The zero-order valence-corrected chi connectivity index (χ0v) is 12.3. The number of esters is 1. The largest absolute Gasteiger partial charge is 0.462 e. The molecule has 1 saturated heterocycles. The predicted molar refractivity (Wildman–Crippen MR) is 77.0 cm³/mol. The molecule has 0 amide bonds. The van der Waals surface area contributed by atoms with Crippen LogP contribution < -0.4 is 0 Å². The van der Waals surface area contributed by atoms with E-state index in [1.807, 2.05) is 18.2 Å². The minimum absolute atomic E-state index is 0.212. The Morgan fingerprint density at radius 1 is 1.24 bits per heavy atom. The molecule has 0 saturated carbocycles. The second-order valence-electron chi connectivity index (χ2n) is 4.94. The molecule has 116 valence electrons. The second-order valence-corrected chi connectivity index (χ2v) is 4.94. The van der Waals surface area contributed by atoms with Crippen molar-refractivity contribution in [3.63, 3.8) is 0 Å². The molecule has 0 aliphatic carbocycles. The van der Waals surface area contributed by atoms with E-state index in [1.165, 1.54) is 0 Å². The first-order valence-electron chi connectivity index (χ1n) is 7.25. The van der Waals surface area contributed by atoms with Crippen LogP contribution >= 0.6 is 0 Å². The van der Waals surface area contributed by atoms with E-state index in [2.05, 4.69) is 0 Å². The van der Waals surface area contributed by atoms with E-state index >= 15 is 0 Å². The molecule has 1 aromatic carbocycles. The highest BCUT2D eigenvalue weighted by Gasteiger charge is 2.28. The Balaban J connectivity index is 1.69. The Morgan fingerprint density at radius 3 is 2.81 bits per heavy atom. The van der Waals surface area contributed by atoms with Gasteiger partial charge in [0.05, 0.1) is 32.0 Å². The maximum Gasteiger partial charge on any atom is 0.338 e. The molecule has 2 unspecified atom stereocenters. The lowest BCUT2D eigenvalue weighted by atomic mass is 10.0. The molecule has 2 atom stereocenters. The van der Waals surface area contributed by atoms with Crippen LogP contribution in [0.3, 0.4) is 0 Å². The second kappa shape index (κ2) is 8.77. The molecule has 1 aliphatic heterocycles. The number of rotatable bonds is 8. The van der Waals surface area contributed by atoms with Crippen LogP contribution in [0.4, 0.5) is 0 Å². The van der Waals surface area contributed by atoms with Crippen molar-refractivity contribution < 1.29 is 23.7 Å². The quantitative estimate of drug-likeness (QED) is 0.544. The molecule has 2 rings (SSSR count). The lowest BCUT2D eigenvalue weighted by molar-refractivity contribution is -0.140. The molecule has 5 nitrogen and oxygen atoms in total. The molecule has 0 aromatic heterocycles. The summed E-state index contributed by atoms with van der Waals surface area (Å²) < 4.78 is 21.4. The summed E-state index contributed by atoms with van der Waals surface area (Å²) in [6.45, 7) is 2.14. The molecule has 1 fully saturated rings. The smallest absolute Gasteiger partial charge is 0.338 e. The average Bonchev–Trinajstić information content (AvgIpc) is 2.96.